The van der Waals surface area contributed by atoms with Crippen molar-refractivity contribution in [3.8, 4) is 5.75 Å². The fourth-order valence-electron chi connectivity index (χ4n) is 5.31. The first-order valence-electron chi connectivity index (χ1n) is 16.3. The number of carbonyl (C=O) groups is 5. The summed E-state index contributed by atoms with van der Waals surface area (Å²) in [7, 11) is 5.88. The van der Waals surface area contributed by atoms with Gasteiger partial charge in [-0.2, -0.15) is 0 Å². The van der Waals surface area contributed by atoms with E-state index in [0.29, 0.717) is 28.4 Å². The first-order valence-corrected chi connectivity index (χ1v) is 16.3. The lowest BCUT2D eigenvalue weighted by atomic mass is 10.1. The Morgan fingerprint density at radius 1 is 0.692 bits per heavy atom. The number of likely N-dealkylation sites (N-methyl/N-ethyl adjacent to an activating group) is 2. The molecule has 0 bridgehead atoms. The molecule has 0 aliphatic heterocycles. The quantitative estimate of drug-likeness (QED) is 0.174. The van der Waals surface area contributed by atoms with Crippen LogP contribution in [0.25, 0.3) is 0 Å². The molecule has 0 saturated heterocycles. The molecular weight excluding hydrogens is 666 g/mol. The second-order valence-electron chi connectivity index (χ2n) is 11.9. The Morgan fingerprint density at radius 2 is 1.35 bits per heavy atom. The van der Waals surface area contributed by atoms with Crippen molar-refractivity contribution in [2.24, 2.45) is 0 Å². The molecule has 1 unspecified atom stereocenters. The smallest absolute Gasteiger partial charge is 0.339 e. The fourth-order valence-corrected chi connectivity index (χ4v) is 5.31. The molecule has 0 spiro atoms. The van der Waals surface area contributed by atoms with Crippen LogP contribution >= 0.6 is 0 Å². The molecule has 0 fully saturated rings. The summed E-state index contributed by atoms with van der Waals surface area (Å²) in [4.78, 5) is 69.3. The van der Waals surface area contributed by atoms with Crippen LogP contribution in [-0.4, -0.2) is 77.7 Å². The Morgan fingerprint density at radius 3 is 2.02 bits per heavy atom. The van der Waals surface area contributed by atoms with Crippen LogP contribution in [0.5, 0.6) is 5.75 Å². The van der Waals surface area contributed by atoms with Gasteiger partial charge in [0.1, 0.15) is 12.3 Å². The maximum absolute atomic E-state index is 13.7. The van der Waals surface area contributed by atoms with Crippen LogP contribution in [0.15, 0.2) is 97.1 Å². The molecule has 4 rings (SSSR count). The number of urea groups is 1. The molecule has 272 valence electrons. The van der Waals surface area contributed by atoms with E-state index in [1.54, 1.807) is 86.9 Å². The highest BCUT2D eigenvalue weighted by molar-refractivity contribution is 6.05. The summed E-state index contributed by atoms with van der Waals surface area (Å²) < 4.78 is 15.9. The molecule has 4 aromatic carbocycles. The van der Waals surface area contributed by atoms with Gasteiger partial charge in [0.25, 0.3) is 5.91 Å². The van der Waals surface area contributed by atoms with Crippen molar-refractivity contribution in [2.45, 2.75) is 20.0 Å². The lowest BCUT2D eigenvalue weighted by molar-refractivity contribution is -0.152. The van der Waals surface area contributed by atoms with Crippen LogP contribution in [0.4, 0.5) is 27.5 Å². The third-order valence-electron chi connectivity index (χ3n) is 8.07. The highest BCUT2D eigenvalue weighted by Gasteiger charge is 2.24. The molecule has 0 radical (unpaired) electrons. The number of hydrogen-bond acceptors (Lipinski definition) is 8. The number of carbonyl (C=O) groups excluding carboxylic acids is 5. The number of ether oxygens (including phenoxy) is 3. The number of methoxy groups -OCH3 is 2. The van der Waals surface area contributed by atoms with Gasteiger partial charge in [0.2, 0.25) is 11.8 Å². The SMILES string of the molecule is COC(=O)C(OC)c1cccc(NC(=O)NCC(=O)N(CC(=O)N(C)c2ccccc2)c2cccc(OCC(=O)N(C)c3cc(C)cc(C)c3)c2)c1. The number of amides is 5. The number of rotatable bonds is 14. The first kappa shape index (κ1) is 38.6. The van der Waals surface area contributed by atoms with Crippen LogP contribution in [0.2, 0.25) is 0 Å². The van der Waals surface area contributed by atoms with Crippen molar-refractivity contribution in [3.63, 3.8) is 0 Å². The third kappa shape index (κ3) is 10.4. The highest BCUT2D eigenvalue weighted by Crippen LogP contribution is 2.24. The minimum atomic E-state index is -0.993. The van der Waals surface area contributed by atoms with E-state index in [2.05, 4.69) is 10.6 Å². The van der Waals surface area contributed by atoms with E-state index < -0.39 is 36.5 Å². The normalized spacial score (nSPS) is 11.1. The zero-order valence-corrected chi connectivity index (χ0v) is 30.0. The number of aryl methyl sites for hydroxylation is 2. The average Bonchev–Trinajstić information content (AvgIpc) is 3.14. The average molecular weight is 710 g/mol. The van der Waals surface area contributed by atoms with E-state index in [0.717, 1.165) is 16.8 Å². The van der Waals surface area contributed by atoms with Crippen molar-refractivity contribution in [2.75, 3.05) is 68.0 Å². The number of benzene rings is 4. The van der Waals surface area contributed by atoms with Gasteiger partial charge in [-0.05, 0) is 79.1 Å². The second kappa shape index (κ2) is 18.2. The summed E-state index contributed by atoms with van der Waals surface area (Å²) in [5.74, 6) is -1.57. The minimum Gasteiger partial charge on any atom is -0.484 e. The zero-order chi connectivity index (χ0) is 37.8. The largest absolute Gasteiger partial charge is 0.484 e. The Labute approximate surface area is 303 Å². The molecular formula is C39H43N5O8. The molecule has 5 amide bonds. The van der Waals surface area contributed by atoms with Crippen molar-refractivity contribution in [1.29, 1.82) is 0 Å². The van der Waals surface area contributed by atoms with Crippen LogP contribution in [0.3, 0.4) is 0 Å². The number of nitrogens with zero attached hydrogens (tertiary/aromatic N) is 3. The van der Waals surface area contributed by atoms with E-state index >= 15 is 0 Å². The van der Waals surface area contributed by atoms with Gasteiger partial charge in [-0.15, -0.1) is 0 Å². The third-order valence-corrected chi connectivity index (χ3v) is 8.07. The van der Waals surface area contributed by atoms with Gasteiger partial charge >= 0.3 is 12.0 Å². The lowest BCUT2D eigenvalue weighted by Crippen LogP contribution is -2.46. The monoisotopic (exact) mass is 709 g/mol. The standard InChI is InChI=1S/C39H43N5O8/c1-26-18-27(2)20-32(19-26)43(4)36(47)25-52-33-17-11-16-31(22-33)44(24-35(46)42(3)30-14-8-7-9-15-30)34(45)23-40-39(49)41-29-13-10-12-28(21-29)37(50-5)38(48)51-6/h7-22,37H,23-25H2,1-6H3,(H2,40,41,49). The van der Waals surface area contributed by atoms with Gasteiger partial charge in [-0.3, -0.25) is 14.4 Å². The summed E-state index contributed by atoms with van der Waals surface area (Å²) in [5, 5.41) is 5.17. The number of anilines is 4. The molecule has 13 nitrogen and oxygen atoms in total. The molecule has 13 heteroatoms. The van der Waals surface area contributed by atoms with Crippen molar-refractivity contribution in [1.82, 2.24) is 5.32 Å². The van der Waals surface area contributed by atoms with Gasteiger partial charge in [0.15, 0.2) is 12.7 Å². The topological polar surface area (TPSA) is 147 Å². The Balaban J connectivity index is 1.48. The van der Waals surface area contributed by atoms with Crippen molar-refractivity contribution < 1.29 is 38.2 Å². The first-order chi connectivity index (χ1) is 24.9. The van der Waals surface area contributed by atoms with E-state index in [1.807, 2.05) is 38.1 Å². The van der Waals surface area contributed by atoms with E-state index in [9.17, 15) is 24.0 Å². The lowest BCUT2D eigenvalue weighted by Gasteiger charge is -2.26. The zero-order valence-electron chi connectivity index (χ0n) is 30.0. The summed E-state index contributed by atoms with van der Waals surface area (Å²) >= 11 is 0. The van der Waals surface area contributed by atoms with Crippen LogP contribution in [-0.2, 0) is 28.7 Å². The predicted octanol–water partition coefficient (Wildman–Crippen LogP) is 5.02. The van der Waals surface area contributed by atoms with Crippen LogP contribution in [0, 0.1) is 13.8 Å². The molecule has 52 heavy (non-hydrogen) atoms. The van der Waals surface area contributed by atoms with Gasteiger partial charge in [0, 0.05) is 50.0 Å². The number of nitrogens with one attached hydrogen (secondary N) is 2. The van der Waals surface area contributed by atoms with E-state index in [1.165, 1.54) is 28.9 Å². The van der Waals surface area contributed by atoms with E-state index in [-0.39, 0.29) is 19.1 Å². The Bertz CT molecular complexity index is 1880. The van der Waals surface area contributed by atoms with Crippen LogP contribution < -0.4 is 30.1 Å². The summed E-state index contributed by atoms with van der Waals surface area (Å²) in [5.41, 5.74) is 4.53. The molecule has 0 saturated carbocycles. The molecule has 0 aromatic heterocycles. The molecule has 2 N–H and O–H groups in total. The molecule has 0 aliphatic carbocycles. The van der Waals surface area contributed by atoms with Crippen molar-refractivity contribution >= 4 is 52.5 Å². The maximum Gasteiger partial charge on any atom is 0.339 e. The van der Waals surface area contributed by atoms with Gasteiger partial charge in [0.05, 0.1) is 13.7 Å². The number of hydrogen-bond donors (Lipinski definition) is 2. The van der Waals surface area contributed by atoms with Gasteiger partial charge in [-0.1, -0.05) is 42.5 Å². The second-order valence-corrected chi connectivity index (χ2v) is 11.9. The Kier molecular flexibility index (Phi) is 13.5. The molecule has 1 atom stereocenters. The molecule has 0 aliphatic rings. The predicted molar refractivity (Wildman–Crippen MR) is 199 cm³/mol. The van der Waals surface area contributed by atoms with E-state index in [4.69, 9.17) is 14.2 Å². The Hall–Kier alpha value is -6.21. The van der Waals surface area contributed by atoms with Gasteiger partial charge < -0.3 is 39.5 Å². The highest BCUT2D eigenvalue weighted by atomic mass is 16.6. The summed E-state index contributed by atoms with van der Waals surface area (Å²) in [6.07, 6.45) is -0.993. The summed E-state index contributed by atoms with van der Waals surface area (Å²) in [6.45, 7) is 2.81. The molecule has 4 aromatic rings. The maximum atomic E-state index is 13.7. The molecule has 0 heterocycles. The summed E-state index contributed by atoms with van der Waals surface area (Å²) in [6, 6.07) is 27.0. The minimum absolute atomic E-state index is 0.274. The number of para-hydroxylation sites is 1. The van der Waals surface area contributed by atoms with Crippen LogP contribution in [0.1, 0.15) is 22.8 Å². The number of esters is 1. The van der Waals surface area contributed by atoms with Gasteiger partial charge in [-0.25, -0.2) is 9.59 Å². The fraction of sp³-hybridized carbons (Fsp3) is 0.256. The van der Waals surface area contributed by atoms with Crippen molar-refractivity contribution in [3.05, 3.63) is 114 Å².